The number of fused-ring (bicyclic) bond motifs is 1. The van der Waals surface area contributed by atoms with E-state index in [4.69, 9.17) is 10.0 Å². The summed E-state index contributed by atoms with van der Waals surface area (Å²) in [6, 6.07) is 6.21. The van der Waals surface area contributed by atoms with E-state index in [2.05, 4.69) is 4.98 Å². The molecule has 0 aliphatic rings. The quantitative estimate of drug-likeness (QED) is 0.534. The summed E-state index contributed by atoms with van der Waals surface area (Å²) in [5.74, 6) is -0.0284. The molecule has 3 N–H and O–H groups in total. The Kier molecular flexibility index (Phi) is 2.11. The number of rotatable bonds is 1. The topological polar surface area (TPSA) is 73.6 Å². The van der Waals surface area contributed by atoms with Crippen LogP contribution < -0.4 is 5.46 Å². The van der Waals surface area contributed by atoms with Crippen LogP contribution in [0.5, 0.6) is 5.75 Å². The number of hydrogen-bond donors (Lipinski definition) is 3. The van der Waals surface area contributed by atoms with Crippen LogP contribution in [0.4, 0.5) is 0 Å². The molecule has 0 radical (unpaired) electrons. The van der Waals surface area contributed by atoms with Gasteiger partial charge in [-0.15, -0.1) is 0 Å². The molecule has 1 heterocycles. The van der Waals surface area contributed by atoms with E-state index in [-0.39, 0.29) is 11.2 Å². The third kappa shape index (κ3) is 1.43. The van der Waals surface area contributed by atoms with Gasteiger partial charge in [-0.2, -0.15) is 0 Å². The van der Waals surface area contributed by atoms with Gasteiger partial charge in [0.1, 0.15) is 5.75 Å². The molecule has 0 saturated carbocycles. The first-order chi connectivity index (χ1) is 6.68. The summed E-state index contributed by atoms with van der Waals surface area (Å²) in [5.41, 5.74) is 0.795. The van der Waals surface area contributed by atoms with Gasteiger partial charge in [0.05, 0.1) is 5.52 Å². The van der Waals surface area contributed by atoms with Crippen LogP contribution in [0.15, 0.2) is 30.5 Å². The standard InChI is InChI=1S/C9H8BNO3/c12-6-4-8(10(13)14)7-2-1-3-11-9(7)5-6/h1-5,12-14H. The largest absolute Gasteiger partial charge is 0.508 e. The van der Waals surface area contributed by atoms with E-state index >= 15 is 0 Å². The van der Waals surface area contributed by atoms with Gasteiger partial charge < -0.3 is 15.2 Å². The Hall–Kier alpha value is -1.59. The second kappa shape index (κ2) is 3.28. The molecule has 0 amide bonds. The molecule has 4 nitrogen and oxygen atoms in total. The lowest BCUT2D eigenvalue weighted by molar-refractivity contribution is 0.425. The number of phenols is 1. The number of aromatic nitrogens is 1. The maximum Gasteiger partial charge on any atom is 0.489 e. The van der Waals surface area contributed by atoms with Crippen LogP contribution in [0.25, 0.3) is 10.9 Å². The van der Waals surface area contributed by atoms with Crippen molar-refractivity contribution in [2.24, 2.45) is 0 Å². The Morgan fingerprint density at radius 1 is 1.21 bits per heavy atom. The van der Waals surface area contributed by atoms with Gasteiger partial charge in [0.25, 0.3) is 0 Å². The molecule has 0 saturated heterocycles. The van der Waals surface area contributed by atoms with E-state index in [1.54, 1.807) is 18.3 Å². The first-order valence-corrected chi connectivity index (χ1v) is 4.12. The zero-order valence-corrected chi connectivity index (χ0v) is 7.25. The van der Waals surface area contributed by atoms with Crippen molar-refractivity contribution in [1.82, 2.24) is 4.98 Å². The zero-order chi connectivity index (χ0) is 10.1. The summed E-state index contributed by atoms with van der Waals surface area (Å²) in [6.45, 7) is 0. The Balaban J connectivity index is 2.80. The monoisotopic (exact) mass is 189 g/mol. The molecule has 0 fully saturated rings. The van der Waals surface area contributed by atoms with Crippen LogP contribution >= 0.6 is 0 Å². The Bertz CT molecular complexity index is 473. The molecule has 0 spiro atoms. The van der Waals surface area contributed by atoms with E-state index in [0.717, 1.165) is 0 Å². The predicted octanol–water partition coefficient (Wildman–Crippen LogP) is -0.380. The maximum atomic E-state index is 9.30. The highest BCUT2D eigenvalue weighted by Gasteiger charge is 2.15. The van der Waals surface area contributed by atoms with Crippen molar-refractivity contribution < 1.29 is 15.2 Å². The summed E-state index contributed by atoms with van der Waals surface area (Å²) in [5, 5.41) is 28.0. The van der Waals surface area contributed by atoms with Crippen molar-refractivity contribution in [3.63, 3.8) is 0 Å². The number of pyridine rings is 1. The zero-order valence-electron chi connectivity index (χ0n) is 7.25. The van der Waals surface area contributed by atoms with Crippen molar-refractivity contribution in [3.05, 3.63) is 30.5 Å². The van der Waals surface area contributed by atoms with Gasteiger partial charge in [-0.3, -0.25) is 4.98 Å². The molecule has 0 aliphatic heterocycles. The summed E-state index contributed by atoms with van der Waals surface area (Å²) < 4.78 is 0. The number of nitrogens with zero attached hydrogens (tertiary/aromatic N) is 1. The summed E-state index contributed by atoms with van der Waals surface area (Å²) >= 11 is 0. The first-order valence-electron chi connectivity index (χ1n) is 4.12. The summed E-state index contributed by atoms with van der Waals surface area (Å²) in [4.78, 5) is 4.00. The smallest absolute Gasteiger partial charge is 0.489 e. The minimum Gasteiger partial charge on any atom is -0.508 e. The average Bonchev–Trinajstić information content (AvgIpc) is 2.16. The highest BCUT2D eigenvalue weighted by Crippen LogP contribution is 2.15. The fourth-order valence-electron chi connectivity index (χ4n) is 1.41. The Labute approximate surface area is 80.6 Å². The molecule has 0 aliphatic carbocycles. The van der Waals surface area contributed by atoms with Crippen LogP contribution in [-0.2, 0) is 0 Å². The fraction of sp³-hybridized carbons (Fsp3) is 0. The average molecular weight is 189 g/mol. The normalized spacial score (nSPS) is 10.4. The maximum absolute atomic E-state index is 9.30. The molecule has 0 atom stereocenters. The van der Waals surface area contributed by atoms with Crippen LogP contribution in [0.3, 0.4) is 0 Å². The van der Waals surface area contributed by atoms with Crippen LogP contribution in [0.1, 0.15) is 0 Å². The lowest BCUT2D eigenvalue weighted by Crippen LogP contribution is -2.30. The number of aromatic hydroxyl groups is 1. The van der Waals surface area contributed by atoms with Gasteiger partial charge >= 0.3 is 7.12 Å². The van der Waals surface area contributed by atoms with Crippen molar-refractivity contribution in [2.45, 2.75) is 0 Å². The van der Waals surface area contributed by atoms with E-state index in [1.807, 2.05) is 0 Å². The molecular weight excluding hydrogens is 181 g/mol. The number of phenolic OH excluding ortho intramolecular Hbond substituents is 1. The molecule has 1 aromatic heterocycles. The third-order valence-electron chi connectivity index (χ3n) is 2.02. The van der Waals surface area contributed by atoms with Crippen LogP contribution in [0.2, 0.25) is 0 Å². The van der Waals surface area contributed by atoms with Crippen LogP contribution in [0, 0.1) is 0 Å². The van der Waals surface area contributed by atoms with Gasteiger partial charge in [0, 0.05) is 17.6 Å². The fourth-order valence-corrected chi connectivity index (χ4v) is 1.41. The van der Waals surface area contributed by atoms with Crippen LogP contribution in [-0.4, -0.2) is 27.3 Å². The van der Waals surface area contributed by atoms with Crippen molar-refractivity contribution in [2.75, 3.05) is 0 Å². The highest BCUT2D eigenvalue weighted by atomic mass is 16.4. The molecule has 70 valence electrons. The SMILES string of the molecule is OB(O)c1cc(O)cc2ncccc12. The summed E-state index contributed by atoms with van der Waals surface area (Å²) in [6.07, 6.45) is 1.58. The molecular formula is C9H8BNO3. The molecule has 2 rings (SSSR count). The van der Waals surface area contributed by atoms with E-state index in [1.165, 1.54) is 12.1 Å². The van der Waals surface area contributed by atoms with E-state index in [9.17, 15) is 5.11 Å². The van der Waals surface area contributed by atoms with Gasteiger partial charge in [0.15, 0.2) is 0 Å². The second-order valence-corrected chi connectivity index (χ2v) is 2.98. The Morgan fingerprint density at radius 3 is 2.71 bits per heavy atom. The van der Waals surface area contributed by atoms with Gasteiger partial charge in [0.2, 0.25) is 0 Å². The molecule has 14 heavy (non-hydrogen) atoms. The lowest BCUT2D eigenvalue weighted by Gasteiger charge is -2.05. The second-order valence-electron chi connectivity index (χ2n) is 2.98. The minimum atomic E-state index is -1.60. The van der Waals surface area contributed by atoms with E-state index < -0.39 is 7.12 Å². The number of benzene rings is 1. The molecule has 0 unspecified atom stereocenters. The third-order valence-corrected chi connectivity index (χ3v) is 2.02. The molecule has 2 aromatic rings. The highest BCUT2D eigenvalue weighted by molar-refractivity contribution is 6.62. The number of hydrogen-bond acceptors (Lipinski definition) is 4. The predicted molar refractivity (Wildman–Crippen MR) is 53.2 cm³/mol. The molecule has 5 heteroatoms. The Morgan fingerprint density at radius 2 is 2.00 bits per heavy atom. The lowest BCUT2D eigenvalue weighted by atomic mass is 9.77. The van der Waals surface area contributed by atoms with Gasteiger partial charge in [-0.05, 0) is 17.6 Å². The van der Waals surface area contributed by atoms with Crippen molar-refractivity contribution >= 4 is 23.5 Å². The molecule has 1 aromatic carbocycles. The van der Waals surface area contributed by atoms with Gasteiger partial charge in [-0.25, -0.2) is 0 Å². The van der Waals surface area contributed by atoms with E-state index in [0.29, 0.717) is 10.9 Å². The van der Waals surface area contributed by atoms with Gasteiger partial charge in [-0.1, -0.05) is 6.07 Å². The summed E-state index contributed by atoms with van der Waals surface area (Å²) in [7, 11) is -1.60. The first kappa shape index (κ1) is 8.99. The van der Waals surface area contributed by atoms with Crippen molar-refractivity contribution in [3.8, 4) is 5.75 Å². The minimum absolute atomic E-state index is 0.0284. The molecule has 0 bridgehead atoms. The van der Waals surface area contributed by atoms with Crippen molar-refractivity contribution in [1.29, 1.82) is 0 Å².